The van der Waals surface area contributed by atoms with Gasteiger partial charge in [-0.25, -0.2) is 0 Å². The van der Waals surface area contributed by atoms with Gasteiger partial charge in [0.15, 0.2) is 0 Å². The number of nitrogens with zero attached hydrogens (tertiary/aromatic N) is 2. The third kappa shape index (κ3) is 4.75. The van der Waals surface area contributed by atoms with Gasteiger partial charge in [0, 0.05) is 0 Å². The van der Waals surface area contributed by atoms with Crippen LogP contribution in [0, 0.1) is 0 Å². The molecule has 2 aromatic heterocycles. The summed E-state index contributed by atoms with van der Waals surface area (Å²) in [5.41, 5.74) is 6.53. The van der Waals surface area contributed by atoms with Crippen LogP contribution in [0.2, 0.25) is 0 Å². The fourth-order valence-electron chi connectivity index (χ4n) is 6.37. The van der Waals surface area contributed by atoms with Gasteiger partial charge in [-0.15, -0.1) is 0 Å². The summed E-state index contributed by atoms with van der Waals surface area (Å²) < 4.78 is 47.1. The van der Waals surface area contributed by atoms with Crippen molar-refractivity contribution in [2.24, 2.45) is 0 Å². The van der Waals surface area contributed by atoms with Crippen molar-refractivity contribution < 1.29 is 13.2 Å². The van der Waals surface area contributed by atoms with Gasteiger partial charge in [0.05, 0.1) is 0 Å². The van der Waals surface area contributed by atoms with Crippen molar-refractivity contribution in [3.63, 3.8) is 0 Å². The Morgan fingerprint density at radius 1 is 0.628 bits per heavy atom. The van der Waals surface area contributed by atoms with Gasteiger partial charge < -0.3 is 0 Å². The average Bonchev–Trinajstić information content (AvgIpc) is 3.44. The molecule has 4 aliphatic carbocycles. The number of aromatic nitrogens is 2. The molecule has 11 rings (SSSR count). The molecule has 0 amide bonds. The van der Waals surface area contributed by atoms with Crippen molar-refractivity contribution in [3.8, 4) is 21.3 Å². The fourth-order valence-corrected chi connectivity index (χ4v) is 8.62. The van der Waals surface area contributed by atoms with Crippen LogP contribution < -0.4 is 0 Å². The number of halogens is 3. The molecule has 0 spiro atoms. The Balaban J connectivity index is 1.32. The summed E-state index contributed by atoms with van der Waals surface area (Å²) in [6.07, 6.45) is 0.172. The topological polar surface area (TPSA) is 25.8 Å². The van der Waals surface area contributed by atoms with Crippen molar-refractivity contribution >= 4 is 45.8 Å². The van der Waals surface area contributed by atoms with Crippen LogP contribution in [0.5, 0.6) is 0 Å². The summed E-state index contributed by atoms with van der Waals surface area (Å²) in [4.78, 5) is 8.76. The van der Waals surface area contributed by atoms with Crippen molar-refractivity contribution in [3.05, 3.63) is 131 Å². The molecule has 0 saturated carbocycles. The van der Waals surface area contributed by atoms with Crippen LogP contribution in [0.1, 0.15) is 27.8 Å². The van der Waals surface area contributed by atoms with Gasteiger partial charge in [-0.05, 0) is 17.5 Å². The molecule has 0 fully saturated rings. The normalized spacial score (nSPS) is 13.6. The summed E-state index contributed by atoms with van der Waals surface area (Å²) >= 11 is -0.0428. The van der Waals surface area contributed by atoms with E-state index in [1.807, 2.05) is 36.4 Å². The second-order valence-electron chi connectivity index (χ2n) is 11.3. The molecule has 6 heteroatoms. The van der Waals surface area contributed by atoms with Gasteiger partial charge in [-0.2, -0.15) is 0 Å². The number of aryl methyl sites for hydroxylation is 4. The minimum atomic E-state index is -4.59. The zero-order chi connectivity index (χ0) is 29.1. The third-order valence-electron chi connectivity index (χ3n) is 8.58. The van der Waals surface area contributed by atoms with E-state index in [2.05, 4.69) is 64.6 Å². The van der Waals surface area contributed by atoms with Crippen molar-refractivity contribution in [1.82, 2.24) is 9.97 Å². The Hall–Kier alpha value is -4.25. The van der Waals surface area contributed by atoms with E-state index >= 15 is 0 Å². The van der Waals surface area contributed by atoms with E-state index in [9.17, 15) is 13.2 Å². The second kappa shape index (κ2) is 10.2. The molecular weight excluding hydrogens is 608 g/mol. The summed E-state index contributed by atoms with van der Waals surface area (Å²) in [7, 11) is 0. The number of benzene rings is 5. The van der Waals surface area contributed by atoms with Crippen LogP contribution >= 0.6 is 0 Å². The van der Waals surface area contributed by atoms with E-state index in [-0.39, 0.29) is 25.4 Å². The first-order valence-electron chi connectivity index (χ1n) is 14.4. The molecule has 2 nitrogen and oxygen atoms in total. The molecule has 43 heavy (non-hydrogen) atoms. The van der Waals surface area contributed by atoms with E-state index in [1.54, 1.807) is 6.07 Å². The first-order chi connectivity index (χ1) is 20.9. The number of hydrogen-bond donors (Lipinski definition) is 0. The molecule has 2 heterocycles. The Kier molecular flexibility index (Phi) is 6.25. The van der Waals surface area contributed by atoms with Crippen LogP contribution in [0.25, 0.3) is 52.6 Å². The predicted octanol–water partition coefficient (Wildman–Crippen LogP) is 9.23. The van der Waals surface area contributed by atoms with Crippen LogP contribution in [0.3, 0.4) is 0 Å². The Bertz CT molecular complexity index is 2150. The van der Waals surface area contributed by atoms with Gasteiger partial charge in [0.2, 0.25) is 0 Å². The molecule has 7 aromatic rings. The van der Waals surface area contributed by atoms with Crippen molar-refractivity contribution in [1.29, 1.82) is 0 Å². The summed E-state index contributed by atoms with van der Waals surface area (Å²) in [5.74, 6) is 0. The molecule has 210 valence electrons. The summed E-state index contributed by atoms with van der Waals surface area (Å²) in [6.45, 7) is 0. The van der Waals surface area contributed by atoms with Crippen LogP contribution in [-0.4, -0.2) is 24.5 Å². The summed E-state index contributed by atoms with van der Waals surface area (Å²) in [6, 6.07) is 32.8. The Morgan fingerprint density at radius 3 is 2.16 bits per heavy atom. The minimum absolute atomic E-state index is 0.0428. The van der Waals surface area contributed by atoms with Gasteiger partial charge >= 0.3 is 211 Å². The first-order valence-corrected chi connectivity index (χ1v) is 16.1. The molecule has 4 bridgehead atoms. The molecule has 0 atom stereocenters. The molecule has 4 aliphatic rings. The molecule has 0 unspecified atom stereocenters. The molecule has 0 N–H and O–H groups in total. The zero-order valence-electron chi connectivity index (χ0n) is 23.1. The third-order valence-corrected chi connectivity index (χ3v) is 10.9. The van der Waals surface area contributed by atoms with E-state index < -0.39 is 11.7 Å². The van der Waals surface area contributed by atoms with Crippen LogP contribution in [0.4, 0.5) is 13.2 Å². The molecular formula is C37H25F3N2Se. The van der Waals surface area contributed by atoms with E-state index in [0.29, 0.717) is 16.5 Å². The maximum atomic E-state index is 15.0. The monoisotopic (exact) mass is 634 g/mol. The van der Waals surface area contributed by atoms with E-state index in [0.717, 1.165) is 52.2 Å². The summed E-state index contributed by atoms with van der Waals surface area (Å²) in [5, 5.41) is 2.25. The Morgan fingerprint density at radius 2 is 1.37 bits per heavy atom. The zero-order valence-corrected chi connectivity index (χ0v) is 24.8. The number of hydrogen-bond acceptors (Lipinski definition) is 2. The average molecular weight is 634 g/mol. The van der Waals surface area contributed by atoms with Gasteiger partial charge in [0.1, 0.15) is 0 Å². The van der Waals surface area contributed by atoms with Gasteiger partial charge in [0.25, 0.3) is 0 Å². The number of alkyl halides is 3. The van der Waals surface area contributed by atoms with Crippen molar-refractivity contribution in [2.75, 3.05) is 0 Å². The molecule has 0 saturated heterocycles. The van der Waals surface area contributed by atoms with Crippen molar-refractivity contribution in [2.45, 2.75) is 31.9 Å². The molecule has 0 aliphatic heterocycles. The second-order valence-corrected chi connectivity index (χ2v) is 13.5. The van der Waals surface area contributed by atoms with Gasteiger partial charge in [-0.3, -0.25) is 0 Å². The Labute approximate surface area is 252 Å². The first kappa shape index (κ1) is 26.4. The quantitative estimate of drug-likeness (QED) is 0.140. The maximum absolute atomic E-state index is 15.0. The molecule has 5 aromatic carbocycles. The number of rotatable bonds is 2. The number of fused-ring (bicyclic) bond motifs is 3. The SMILES string of the molecule is FC(F)(F)c1c2cc(-c3cc4ccc3CCc3ccc(cc3)CC4)ccc2cc2c(-c3cc4ccccc4[se]3)ncnc12. The van der Waals surface area contributed by atoms with Crippen LogP contribution in [0.15, 0.2) is 103 Å². The standard InChI is InChI=1S/C37H25F3N2Se/c38-37(39,40)34-30-18-26(29-17-24-10-9-22-5-7-23(8-6-22)11-13-25(29)14-12-24)15-16-27(30)19-31-35(41-21-42-36(31)34)33-20-28-3-1-2-4-32(28)43-33/h1-8,12,14-21H,9-11,13H2. The van der Waals surface area contributed by atoms with E-state index in [1.165, 1.54) is 27.3 Å². The predicted molar refractivity (Wildman–Crippen MR) is 169 cm³/mol. The van der Waals surface area contributed by atoms with Gasteiger partial charge in [-0.1, -0.05) is 24.3 Å². The van der Waals surface area contributed by atoms with E-state index in [4.69, 9.17) is 0 Å². The molecule has 0 radical (unpaired) electrons. The fraction of sp³-hybridized carbons (Fsp3) is 0.135. The van der Waals surface area contributed by atoms with Crippen LogP contribution in [-0.2, 0) is 31.9 Å².